The number of aromatic nitrogens is 6. The van der Waals surface area contributed by atoms with Crippen LogP contribution in [0.4, 0.5) is 5.95 Å². The number of rotatable bonds is 5. The minimum absolute atomic E-state index is 0.0928. The highest BCUT2D eigenvalue weighted by molar-refractivity contribution is 5.78. The number of benzene rings is 1. The van der Waals surface area contributed by atoms with Crippen LogP contribution >= 0.6 is 0 Å². The molecular formula is C22H19N7O3. The Morgan fingerprint density at radius 2 is 1.91 bits per heavy atom. The van der Waals surface area contributed by atoms with Gasteiger partial charge >= 0.3 is 0 Å². The minimum atomic E-state index is -1.07. The Bertz CT molecular complexity index is 1410. The molecule has 10 heteroatoms. The van der Waals surface area contributed by atoms with Crippen molar-refractivity contribution in [2.75, 3.05) is 5.73 Å². The number of ether oxygens (including phenoxy) is 1. The number of hydrogen-bond acceptors (Lipinski definition) is 9. The monoisotopic (exact) mass is 429 g/mol. The lowest BCUT2D eigenvalue weighted by Gasteiger charge is -2.17. The second-order valence-electron chi connectivity index (χ2n) is 7.62. The van der Waals surface area contributed by atoms with Gasteiger partial charge in [-0.2, -0.15) is 9.67 Å². The van der Waals surface area contributed by atoms with Crippen LogP contribution in [0.3, 0.4) is 0 Å². The van der Waals surface area contributed by atoms with E-state index in [1.165, 1.54) is 0 Å². The summed E-state index contributed by atoms with van der Waals surface area (Å²) in [4.78, 5) is 12.9. The van der Waals surface area contributed by atoms with E-state index in [4.69, 9.17) is 14.9 Å². The van der Waals surface area contributed by atoms with E-state index in [9.17, 15) is 5.11 Å². The van der Waals surface area contributed by atoms with Crippen LogP contribution in [-0.4, -0.2) is 35.1 Å². The SMILES string of the molecule is CC(C)(O)c1cccc(Oc2ccc3c(c2)nnn3-c2cc(-c3ccco3)nc(N)n2)n1. The van der Waals surface area contributed by atoms with Crippen LogP contribution < -0.4 is 10.5 Å². The molecule has 4 heterocycles. The summed E-state index contributed by atoms with van der Waals surface area (Å²) in [6.45, 7) is 3.33. The third-order valence-corrected chi connectivity index (χ3v) is 4.71. The average molecular weight is 429 g/mol. The molecule has 0 aliphatic carbocycles. The van der Waals surface area contributed by atoms with Crippen molar-refractivity contribution in [1.82, 2.24) is 29.9 Å². The Morgan fingerprint density at radius 3 is 2.69 bits per heavy atom. The molecule has 5 aromatic rings. The zero-order valence-corrected chi connectivity index (χ0v) is 17.3. The fourth-order valence-electron chi connectivity index (χ4n) is 3.18. The molecule has 0 spiro atoms. The van der Waals surface area contributed by atoms with Gasteiger partial charge in [-0.05, 0) is 44.2 Å². The number of aliphatic hydroxyl groups is 1. The number of anilines is 1. The molecule has 0 saturated heterocycles. The summed E-state index contributed by atoms with van der Waals surface area (Å²) >= 11 is 0. The number of furan rings is 1. The van der Waals surface area contributed by atoms with E-state index in [2.05, 4.69) is 25.3 Å². The van der Waals surface area contributed by atoms with E-state index in [0.717, 1.165) is 0 Å². The number of pyridine rings is 1. The second kappa shape index (κ2) is 7.43. The molecule has 32 heavy (non-hydrogen) atoms. The Hall–Kier alpha value is -4.31. The van der Waals surface area contributed by atoms with Crippen LogP contribution in [0.2, 0.25) is 0 Å². The molecule has 0 bridgehead atoms. The van der Waals surface area contributed by atoms with Crippen molar-refractivity contribution >= 4 is 17.0 Å². The van der Waals surface area contributed by atoms with Crippen molar-refractivity contribution in [2.24, 2.45) is 0 Å². The van der Waals surface area contributed by atoms with Crippen LogP contribution in [0.25, 0.3) is 28.3 Å². The first-order valence-electron chi connectivity index (χ1n) is 9.79. The predicted molar refractivity (Wildman–Crippen MR) is 116 cm³/mol. The average Bonchev–Trinajstić information content (AvgIpc) is 3.43. The van der Waals surface area contributed by atoms with E-state index in [0.29, 0.717) is 45.6 Å². The van der Waals surface area contributed by atoms with Gasteiger partial charge in [0.05, 0.1) is 17.5 Å². The Balaban J connectivity index is 1.48. The van der Waals surface area contributed by atoms with Crippen molar-refractivity contribution < 1.29 is 14.3 Å². The van der Waals surface area contributed by atoms with Gasteiger partial charge in [0, 0.05) is 18.2 Å². The molecule has 3 N–H and O–H groups in total. The fourth-order valence-corrected chi connectivity index (χ4v) is 3.18. The molecule has 0 radical (unpaired) electrons. The van der Waals surface area contributed by atoms with Gasteiger partial charge in [0.15, 0.2) is 11.6 Å². The maximum Gasteiger partial charge on any atom is 0.222 e. The number of nitrogen functional groups attached to an aromatic ring is 1. The summed E-state index contributed by atoms with van der Waals surface area (Å²) in [6, 6.07) is 15.9. The summed E-state index contributed by atoms with van der Waals surface area (Å²) in [5, 5.41) is 18.6. The van der Waals surface area contributed by atoms with Gasteiger partial charge in [0.2, 0.25) is 11.8 Å². The van der Waals surface area contributed by atoms with E-state index in [1.807, 2.05) is 6.07 Å². The highest BCUT2D eigenvalue weighted by Gasteiger charge is 2.18. The summed E-state index contributed by atoms with van der Waals surface area (Å²) in [6.07, 6.45) is 1.56. The Kier molecular flexibility index (Phi) is 4.56. The zero-order valence-electron chi connectivity index (χ0n) is 17.3. The minimum Gasteiger partial charge on any atom is -0.463 e. The molecule has 0 aliphatic rings. The third-order valence-electron chi connectivity index (χ3n) is 4.71. The second-order valence-corrected chi connectivity index (χ2v) is 7.62. The van der Waals surface area contributed by atoms with Crippen LogP contribution in [0, 0.1) is 0 Å². The van der Waals surface area contributed by atoms with Crippen molar-refractivity contribution in [3.05, 3.63) is 66.6 Å². The molecule has 1 aromatic carbocycles. The van der Waals surface area contributed by atoms with Crippen molar-refractivity contribution in [3.8, 4) is 28.9 Å². The maximum absolute atomic E-state index is 10.2. The first kappa shape index (κ1) is 19.6. The van der Waals surface area contributed by atoms with Gasteiger partial charge in [0.1, 0.15) is 22.6 Å². The van der Waals surface area contributed by atoms with Crippen molar-refractivity contribution in [1.29, 1.82) is 0 Å². The van der Waals surface area contributed by atoms with Crippen LogP contribution in [0.5, 0.6) is 11.6 Å². The largest absolute Gasteiger partial charge is 0.463 e. The highest BCUT2D eigenvalue weighted by atomic mass is 16.5. The molecule has 4 aromatic heterocycles. The molecule has 0 aliphatic heterocycles. The summed E-state index contributed by atoms with van der Waals surface area (Å²) in [7, 11) is 0. The van der Waals surface area contributed by atoms with E-state index >= 15 is 0 Å². The number of nitrogens with zero attached hydrogens (tertiary/aromatic N) is 6. The molecule has 5 rings (SSSR count). The molecule has 0 unspecified atom stereocenters. The van der Waals surface area contributed by atoms with E-state index in [1.54, 1.807) is 73.3 Å². The fraction of sp³-hybridized carbons (Fsp3) is 0.136. The number of nitrogens with two attached hydrogens (primary N) is 1. The highest BCUT2D eigenvalue weighted by Crippen LogP contribution is 2.27. The topological polar surface area (TPSA) is 138 Å². The van der Waals surface area contributed by atoms with Gasteiger partial charge in [-0.15, -0.1) is 5.10 Å². The predicted octanol–water partition coefficient (Wildman–Crippen LogP) is 3.47. The van der Waals surface area contributed by atoms with E-state index in [-0.39, 0.29) is 5.95 Å². The first-order chi connectivity index (χ1) is 15.4. The van der Waals surface area contributed by atoms with Gasteiger partial charge in [-0.3, -0.25) is 0 Å². The molecule has 0 saturated carbocycles. The molecule has 0 atom stereocenters. The van der Waals surface area contributed by atoms with Crippen molar-refractivity contribution in [3.63, 3.8) is 0 Å². The quantitative estimate of drug-likeness (QED) is 0.430. The molecule has 160 valence electrons. The molecular weight excluding hydrogens is 410 g/mol. The third kappa shape index (κ3) is 3.74. The lowest BCUT2D eigenvalue weighted by molar-refractivity contribution is 0.0733. The molecule has 0 fully saturated rings. The molecule has 0 amide bonds. The number of fused-ring (bicyclic) bond motifs is 1. The zero-order chi connectivity index (χ0) is 22.3. The van der Waals surface area contributed by atoms with Crippen LogP contribution in [0.1, 0.15) is 19.5 Å². The summed E-state index contributed by atoms with van der Waals surface area (Å²) in [5.74, 6) is 2.02. The first-order valence-corrected chi connectivity index (χ1v) is 9.79. The summed E-state index contributed by atoms with van der Waals surface area (Å²) < 4.78 is 12.8. The van der Waals surface area contributed by atoms with Gasteiger partial charge in [0.25, 0.3) is 0 Å². The Morgan fingerprint density at radius 1 is 1.03 bits per heavy atom. The van der Waals surface area contributed by atoms with Gasteiger partial charge < -0.3 is 20.0 Å². The van der Waals surface area contributed by atoms with Gasteiger partial charge in [-0.1, -0.05) is 11.3 Å². The lowest BCUT2D eigenvalue weighted by Crippen LogP contribution is -2.17. The molecule has 10 nitrogen and oxygen atoms in total. The Labute approximate surface area is 182 Å². The van der Waals surface area contributed by atoms with E-state index < -0.39 is 5.60 Å². The van der Waals surface area contributed by atoms with Crippen molar-refractivity contribution in [2.45, 2.75) is 19.4 Å². The van der Waals surface area contributed by atoms with Crippen LogP contribution in [-0.2, 0) is 5.60 Å². The normalized spacial score (nSPS) is 11.7. The number of hydrogen-bond donors (Lipinski definition) is 2. The van der Waals surface area contributed by atoms with Gasteiger partial charge in [-0.25, -0.2) is 9.97 Å². The summed E-state index contributed by atoms with van der Waals surface area (Å²) in [5.41, 5.74) is 7.18. The standard InChI is InChI=1S/C22H19N7O3/c1-22(2,30)18-6-3-7-20(25-18)32-13-8-9-16-14(11-13)27-28-29(16)19-12-15(24-21(23)26-19)17-5-4-10-31-17/h3-12,30H,1-2H3,(H2,23,24,26). The smallest absolute Gasteiger partial charge is 0.222 e. The van der Waals surface area contributed by atoms with Crippen LogP contribution in [0.15, 0.2) is 65.3 Å². The maximum atomic E-state index is 10.2. The lowest BCUT2D eigenvalue weighted by atomic mass is 10.1.